The van der Waals surface area contributed by atoms with Crippen molar-refractivity contribution in [3.8, 4) is 11.1 Å². The Kier molecular flexibility index (Phi) is 12.4. The van der Waals surface area contributed by atoms with Crippen LogP contribution >= 0.6 is 0 Å². The number of benzene rings is 4. The van der Waals surface area contributed by atoms with Gasteiger partial charge >= 0.3 is 0 Å². The summed E-state index contributed by atoms with van der Waals surface area (Å²) < 4.78 is 65.2. The van der Waals surface area contributed by atoms with Gasteiger partial charge in [0.05, 0.1) is 9.79 Å². The smallest absolute Gasteiger partial charge is 0.282 e. The maximum Gasteiger partial charge on any atom is 0.294 e. The summed E-state index contributed by atoms with van der Waals surface area (Å²) in [5, 5.41) is 0. The Labute approximate surface area is 268 Å². The summed E-state index contributed by atoms with van der Waals surface area (Å²) in [6.45, 7) is 0. The van der Waals surface area contributed by atoms with E-state index in [9.17, 15) is 25.9 Å². The van der Waals surface area contributed by atoms with Crippen molar-refractivity contribution >= 4 is 79.4 Å². The first kappa shape index (κ1) is 32.9. The molecule has 0 fully saturated rings. The van der Waals surface area contributed by atoms with E-state index in [1.54, 1.807) is 36.4 Å². The summed E-state index contributed by atoms with van der Waals surface area (Å²) in [4.78, 5) is -0.105. The molecular weight excluding hydrogens is 542 g/mol. The normalized spacial score (nSPS) is 11.3. The van der Waals surface area contributed by atoms with Gasteiger partial charge in [0.2, 0.25) is 0 Å². The van der Waals surface area contributed by atoms with Crippen molar-refractivity contribution in [2.24, 2.45) is 0 Å². The Morgan fingerprint density at radius 3 is 1.08 bits per heavy atom. The van der Waals surface area contributed by atoms with Crippen molar-refractivity contribution in [1.82, 2.24) is 0 Å². The minimum atomic E-state index is -4.25. The first-order valence-corrected chi connectivity index (χ1v) is 14.3. The van der Waals surface area contributed by atoms with Crippen molar-refractivity contribution in [2.45, 2.75) is 35.5 Å². The third-order valence-corrected chi connectivity index (χ3v) is 8.02. The van der Waals surface area contributed by atoms with Crippen LogP contribution in [-0.2, 0) is 45.9 Å². The first-order chi connectivity index (χ1) is 17.1. The van der Waals surface area contributed by atoms with Crippen LogP contribution in [0.3, 0.4) is 0 Å². The van der Waals surface area contributed by atoms with E-state index in [0.29, 0.717) is 36.8 Å². The predicted octanol–water partition coefficient (Wildman–Crippen LogP) is 4.66. The van der Waals surface area contributed by atoms with Crippen LogP contribution in [0.5, 0.6) is 0 Å². The van der Waals surface area contributed by atoms with Gasteiger partial charge in [0, 0.05) is 59.1 Å². The molecule has 0 spiro atoms. The molecule has 0 atom stereocenters. The van der Waals surface area contributed by atoms with Gasteiger partial charge in [-0.25, -0.2) is 0 Å². The molecule has 6 nitrogen and oxygen atoms in total. The molecule has 4 rings (SSSR count). The van der Waals surface area contributed by atoms with E-state index in [1.165, 1.54) is 12.1 Å². The second-order valence-corrected chi connectivity index (χ2v) is 11.3. The molecule has 0 bridgehead atoms. The van der Waals surface area contributed by atoms with Crippen LogP contribution in [0.25, 0.3) is 11.1 Å². The Morgan fingerprint density at radius 2 is 0.763 bits per heavy atom. The van der Waals surface area contributed by atoms with E-state index < -0.39 is 20.2 Å². The van der Waals surface area contributed by atoms with E-state index >= 15 is 0 Å². The molecule has 38 heavy (non-hydrogen) atoms. The Balaban J connectivity index is 0.00000253. The summed E-state index contributed by atoms with van der Waals surface area (Å²) in [5.74, 6) is 0. The van der Waals surface area contributed by atoms with E-state index in [4.69, 9.17) is 0 Å². The fourth-order valence-electron chi connectivity index (χ4n) is 4.21. The molecule has 188 valence electrons. The number of hydrogen-bond donors (Lipinski definition) is 2. The molecule has 0 aliphatic heterocycles. The van der Waals surface area contributed by atoms with Gasteiger partial charge in [0.25, 0.3) is 20.2 Å². The zero-order chi connectivity index (χ0) is 25.8. The average Bonchev–Trinajstić information content (AvgIpc) is 2.86. The predicted molar refractivity (Wildman–Crippen MR) is 151 cm³/mol. The van der Waals surface area contributed by atoms with Gasteiger partial charge in [-0.3, -0.25) is 9.11 Å². The molecule has 2 radical (unpaired) electrons. The topological polar surface area (TPSA) is 109 Å². The second-order valence-electron chi connectivity index (χ2n) is 8.56. The molecular formula is C28H26Na2O6S2. The van der Waals surface area contributed by atoms with Gasteiger partial charge < -0.3 is 0 Å². The molecule has 0 aromatic heterocycles. The van der Waals surface area contributed by atoms with Crippen LogP contribution < -0.4 is 0 Å². The van der Waals surface area contributed by atoms with Crippen molar-refractivity contribution in [1.29, 1.82) is 0 Å². The fourth-order valence-corrected chi connectivity index (χ4v) is 5.71. The third-order valence-electron chi connectivity index (χ3n) is 6.11. The number of rotatable bonds is 9. The van der Waals surface area contributed by atoms with Crippen LogP contribution in [0.4, 0.5) is 0 Å². The average molecular weight is 569 g/mol. The monoisotopic (exact) mass is 568 g/mol. The van der Waals surface area contributed by atoms with Crippen LogP contribution in [0, 0.1) is 0 Å². The molecule has 2 N–H and O–H groups in total. The molecule has 4 aromatic carbocycles. The van der Waals surface area contributed by atoms with Crippen molar-refractivity contribution < 1.29 is 25.9 Å². The van der Waals surface area contributed by atoms with Crippen LogP contribution in [0.1, 0.15) is 22.3 Å². The zero-order valence-corrected chi connectivity index (χ0v) is 27.0. The summed E-state index contributed by atoms with van der Waals surface area (Å²) in [6, 6.07) is 29.0. The minimum absolute atomic E-state index is 0. The molecule has 4 aromatic rings. The van der Waals surface area contributed by atoms with Crippen LogP contribution in [0.2, 0.25) is 0 Å². The molecule has 0 amide bonds. The summed E-state index contributed by atoms with van der Waals surface area (Å²) >= 11 is 0. The second kappa shape index (κ2) is 14.4. The molecule has 0 aliphatic rings. The van der Waals surface area contributed by atoms with E-state index in [1.807, 2.05) is 48.5 Å². The van der Waals surface area contributed by atoms with Crippen molar-refractivity contribution in [3.05, 3.63) is 119 Å². The summed E-state index contributed by atoms with van der Waals surface area (Å²) in [6.07, 6.45) is 2.25. The van der Waals surface area contributed by atoms with Crippen LogP contribution in [-0.4, -0.2) is 85.1 Å². The molecule has 0 heterocycles. The SMILES string of the molecule is O=S(=O)(O)c1ccccc1CCc1ccc(-c2ccc(CCc3ccccc3S(=O)(=O)O)cc2)cc1.[Na].[Na]. The molecule has 0 aliphatic carbocycles. The largest absolute Gasteiger partial charge is 0.294 e. The van der Waals surface area contributed by atoms with Gasteiger partial charge in [-0.1, -0.05) is 84.9 Å². The Morgan fingerprint density at radius 1 is 0.447 bits per heavy atom. The Hall–Kier alpha value is -1.30. The van der Waals surface area contributed by atoms with Gasteiger partial charge in [-0.2, -0.15) is 16.8 Å². The van der Waals surface area contributed by atoms with E-state index in [0.717, 1.165) is 22.3 Å². The summed E-state index contributed by atoms with van der Waals surface area (Å²) in [7, 11) is -8.50. The van der Waals surface area contributed by atoms with Gasteiger partial charge in [0.1, 0.15) is 0 Å². The maximum absolute atomic E-state index is 11.6. The third kappa shape index (κ3) is 8.86. The first-order valence-electron chi connectivity index (χ1n) is 11.4. The van der Waals surface area contributed by atoms with Crippen LogP contribution in [0.15, 0.2) is 107 Å². The molecule has 10 heteroatoms. The molecule has 0 saturated carbocycles. The number of aryl methyl sites for hydroxylation is 4. The van der Waals surface area contributed by atoms with E-state index in [-0.39, 0.29) is 68.9 Å². The quantitative estimate of drug-likeness (QED) is 0.225. The molecule has 0 saturated heterocycles. The number of hydrogen-bond acceptors (Lipinski definition) is 4. The van der Waals surface area contributed by atoms with Crippen molar-refractivity contribution in [3.63, 3.8) is 0 Å². The maximum atomic E-state index is 11.6. The fraction of sp³-hybridized carbons (Fsp3) is 0.143. The van der Waals surface area contributed by atoms with Gasteiger partial charge in [0.15, 0.2) is 0 Å². The minimum Gasteiger partial charge on any atom is -0.282 e. The Bertz CT molecular complexity index is 1450. The van der Waals surface area contributed by atoms with E-state index in [2.05, 4.69) is 0 Å². The van der Waals surface area contributed by atoms with Gasteiger partial charge in [-0.15, -0.1) is 0 Å². The standard InChI is InChI=1S/C28H26O6S2.2Na/c29-35(30,31)27-7-3-1-5-25(27)19-13-21-9-15-23(16-10-21)24-17-11-22(12-18-24)14-20-26-6-2-4-8-28(26)36(32,33)34;;/h1-12,15-18H,13-14,19-20H2,(H,29,30,31)(H,32,33,34);;. The molecule has 0 unspecified atom stereocenters. The van der Waals surface area contributed by atoms with Gasteiger partial charge in [-0.05, 0) is 71.2 Å². The zero-order valence-electron chi connectivity index (χ0n) is 21.4. The van der Waals surface area contributed by atoms with Crippen molar-refractivity contribution in [2.75, 3.05) is 0 Å². The summed E-state index contributed by atoms with van der Waals surface area (Å²) in [5.41, 5.74) is 5.36.